The molecule has 1 fully saturated rings. The van der Waals surface area contributed by atoms with Crippen LogP contribution in [0, 0.1) is 12.3 Å². The number of hydrogen-bond donors (Lipinski definition) is 2. The van der Waals surface area contributed by atoms with Gasteiger partial charge in [0.1, 0.15) is 17.3 Å². The topological polar surface area (TPSA) is 75.6 Å². The van der Waals surface area contributed by atoms with Crippen molar-refractivity contribution in [3.63, 3.8) is 0 Å². The van der Waals surface area contributed by atoms with E-state index in [1.54, 1.807) is 12.1 Å². The highest BCUT2D eigenvalue weighted by Crippen LogP contribution is 2.47. The molecule has 130 valence electrons. The van der Waals surface area contributed by atoms with Crippen molar-refractivity contribution in [2.24, 2.45) is 5.41 Å². The molecule has 0 bridgehead atoms. The fourth-order valence-electron chi connectivity index (χ4n) is 2.75. The molecule has 1 atom stereocenters. The molecule has 2 aromatic rings. The van der Waals surface area contributed by atoms with Gasteiger partial charge in [-0.2, -0.15) is 0 Å². The van der Waals surface area contributed by atoms with E-state index in [4.69, 9.17) is 4.74 Å². The van der Waals surface area contributed by atoms with Crippen molar-refractivity contribution in [1.29, 1.82) is 0 Å². The number of carbonyl (C=O) groups is 2. The molecule has 5 nitrogen and oxygen atoms in total. The number of nitrogens with one attached hydrogen (secondary N) is 1. The number of carbonyl (C=O) groups excluding carboxylic acids is 1. The van der Waals surface area contributed by atoms with Gasteiger partial charge in [0.05, 0.1) is 0 Å². The van der Waals surface area contributed by atoms with Crippen molar-refractivity contribution in [3.8, 4) is 5.75 Å². The fourth-order valence-corrected chi connectivity index (χ4v) is 2.75. The molecule has 0 spiro atoms. The van der Waals surface area contributed by atoms with Gasteiger partial charge >= 0.3 is 5.97 Å². The van der Waals surface area contributed by atoms with E-state index in [0.717, 1.165) is 11.1 Å². The summed E-state index contributed by atoms with van der Waals surface area (Å²) in [5.74, 6) is -0.806. The zero-order valence-corrected chi connectivity index (χ0v) is 14.3. The molecule has 2 aromatic carbocycles. The molecule has 1 aliphatic carbocycles. The summed E-state index contributed by atoms with van der Waals surface area (Å²) in [6, 6.07) is 15.3. The second kappa shape index (κ2) is 6.59. The summed E-state index contributed by atoms with van der Waals surface area (Å²) in [4.78, 5) is 23.4. The Bertz CT molecular complexity index is 797. The SMILES string of the molecule is Cc1cc(OC(C)c2ccccc2)ccc1NC(=O)C1(C(=O)O)CC1. The summed E-state index contributed by atoms with van der Waals surface area (Å²) < 4.78 is 5.95. The third kappa shape index (κ3) is 3.50. The van der Waals surface area contributed by atoms with Crippen LogP contribution in [0.25, 0.3) is 0 Å². The highest BCUT2D eigenvalue weighted by atomic mass is 16.5. The second-order valence-electron chi connectivity index (χ2n) is 6.49. The predicted octanol–water partition coefficient (Wildman–Crippen LogP) is 3.94. The van der Waals surface area contributed by atoms with Crippen LogP contribution in [-0.4, -0.2) is 17.0 Å². The maximum absolute atomic E-state index is 12.2. The summed E-state index contributed by atoms with van der Waals surface area (Å²) in [6.07, 6.45) is 0.689. The van der Waals surface area contributed by atoms with Gasteiger partial charge in [-0.25, -0.2) is 0 Å². The monoisotopic (exact) mass is 339 g/mol. The molecule has 0 heterocycles. The average molecular weight is 339 g/mol. The quantitative estimate of drug-likeness (QED) is 0.782. The number of benzene rings is 2. The number of carboxylic acid groups (broad SMARTS) is 1. The molecule has 0 radical (unpaired) electrons. The number of aliphatic carboxylic acids is 1. The molecule has 5 heteroatoms. The van der Waals surface area contributed by atoms with Crippen LogP contribution in [-0.2, 0) is 9.59 Å². The lowest BCUT2D eigenvalue weighted by molar-refractivity contribution is -0.147. The van der Waals surface area contributed by atoms with E-state index in [-0.39, 0.29) is 6.10 Å². The number of anilines is 1. The van der Waals surface area contributed by atoms with E-state index >= 15 is 0 Å². The first-order valence-corrected chi connectivity index (χ1v) is 8.29. The minimum atomic E-state index is -1.25. The first kappa shape index (κ1) is 17.0. The zero-order valence-electron chi connectivity index (χ0n) is 14.3. The van der Waals surface area contributed by atoms with E-state index in [2.05, 4.69) is 5.32 Å². The first-order chi connectivity index (χ1) is 11.9. The van der Waals surface area contributed by atoms with Gasteiger partial charge in [0, 0.05) is 5.69 Å². The summed E-state index contributed by atoms with van der Waals surface area (Å²) >= 11 is 0. The standard InChI is InChI=1S/C20H21NO4/c1-13-12-16(25-14(2)15-6-4-3-5-7-15)8-9-17(13)21-18(22)20(10-11-20)19(23)24/h3-9,12,14H,10-11H2,1-2H3,(H,21,22)(H,23,24). The Morgan fingerprint density at radius 2 is 1.84 bits per heavy atom. The van der Waals surface area contributed by atoms with Gasteiger partial charge < -0.3 is 15.2 Å². The van der Waals surface area contributed by atoms with Crippen molar-refractivity contribution in [2.45, 2.75) is 32.8 Å². The number of aryl methyl sites for hydroxylation is 1. The summed E-state index contributed by atoms with van der Waals surface area (Å²) in [5.41, 5.74) is 1.27. The lowest BCUT2D eigenvalue weighted by Crippen LogP contribution is -2.31. The van der Waals surface area contributed by atoms with E-state index in [1.807, 2.05) is 50.2 Å². The molecule has 1 unspecified atom stereocenters. The van der Waals surface area contributed by atoms with Crippen LogP contribution in [0.1, 0.15) is 37.0 Å². The number of carboxylic acids is 1. The van der Waals surface area contributed by atoms with E-state index < -0.39 is 17.3 Å². The summed E-state index contributed by atoms with van der Waals surface area (Å²) in [5, 5.41) is 11.9. The number of ether oxygens (including phenoxy) is 1. The van der Waals surface area contributed by atoms with Crippen LogP contribution in [0.3, 0.4) is 0 Å². The lowest BCUT2D eigenvalue weighted by Gasteiger charge is -2.17. The van der Waals surface area contributed by atoms with Gasteiger partial charge in [0.2, 0.25) is 5.91 Å². The molecule has 2 N–H and O–H groups in total. The molecule has 0 aliphatic heterocycles. The van der Waals surface area contributed by atoms with Gasteiger partial charge in [-0.15, -0.1) is 0 Å². The molecular weight excluding hydrogens is 318 g/mol. The molecular formula is C20H21NO4. The highest BCUT2D eigenvalue weighted by Gasteiger charge is 2.57. The third-order valence-corrected chi connectivity index (χ3v) is 4.62. The van der Waals surface area contributed by atoms with Crippen LogP contribution < -0.4 is 10.1 Å². The average Bonchev–Trinajstić information content (AvgIpc) is 3.40. The first-order valence-electron chi connectivity index (χ1n) is 8.29. The number of hydrogen-bond acceptors (Lipinski definition) is 3. The van der Waals surface area contributed by atoms with Crippen LogP contribution in [0.5, 0.6) is 5.75 Å². The zero-order chi connectivity index (χ0) is 18.0. The molecule has 0 saturated heterocycles. The number of amides is 1. The van der Waals surface area contributed by atoms with Gasteiger partial charge in [0.15, 0.2) is 0 Å². The normalized spacial score (nSPS) is 15.9. The van der Waals surface area contributed by atoms with Crippen LogP contribution in [0.4, 0.5) is 5.69 Å². The minimum absolute atomic E-state index is 0.0946. The maximum atomic E-state index is 12.2. The Labute approximate surface area is 146 Å². The molecule has 1 aliphatic rings. The van der Waals surface area contributed by atoms with Crippen molar-refractivity contribution in [1.82, 2.24) is 0 Å². The highest BCUT2D eigenvalue weighted by molar-refractivity contribution is 6.11. The minimum Gasteiger partial charge on any atom is -0.486 e. The van der Waals surface area contributed by atoms with Crippen molar-refractivity contribution >= 4 is 17.6 Å². The maximum Gasteiger partial charge on any atom is 0.319 e. The van der Waals surface area contributed by atoms with Gasteiger partial charge in [-0.1, -0.05) is 30.3 Å². The smallest absolute Gasteiger partial charge is 0.319 e. The molecule has 0 aromatic heterocycles. The van der Waals surface area contributed by atoms with E-state index in [9.17, 15) is 14.7 Å². The van der Waals surface area contributed by atoms with Crippen molar-refractivity contribution in [2.75, 3.05) is 5.32 Å². The number of rotatable bonds is 6. The molecule has 25 heavy (non-hydrogen) atoms. The third-order valence-electron chi connectivity index (χ3n) is 4.62. The lowest BCUT2D eigenvalue weighted by atomic mass is 10.1. The Hall–Kier alpha value is -2.82. The Kier molecular flexibility index (Phi) is 4.49. The van der Waals surface area contributed by atoms with Crippen LogP contribution in [0.2, 0.25) is 0 Å². The van der Waals surface area contributed by atoms with E-state index in [1.165, 1.54) is 0 Å². The Morgan fingerprint density at radius 1 is 1.16 bits per heavy atom. The summed E-state index contributed by atoms with van der Waals surface area (Å²) in [7, 11) is 0. The van der Waals surface area contributed by atoms with Crippen LogP contribution >= 0.6 is 0 Å². The molecule has 1 saturated carbocycles. The van der Waals surface area contributed by atoms with Crippen molar-refractivity contribution in [3.05, 3.63) is 59.7 Å². The van der Waals surface area contributed by atoms with Gasteiger partial charge in [0.25, 0.3) is 0 Å². The van der Waals surface area contributed by atoms with E-state index in [0.29, 0.717) is 24.3 Å². The van der Waals surface area contributed by atoms with Gasteiger partial charge in [-0.05, 0) is 56.0 Å². The largest absolute Gasteiger partial charge is 0.486 e. The van der Waals surface area contributed by atoms with Crippen LogP contribution in [0.15, 0.2) is 48.5 Å². The summed E-state index contributed by atoms with van der Waals surface area (Å²) in [6.45, 7) is 3.83. The molecule has 3 rings (SSSR count). The Morgan fingerprint density at radius 3 is 2.40 bits per heavy atom. The molecule has 1 amide bonds. The predicted molar refractivity (Wildman–Crippen MR) is 94.6 cm³/mol. The Balaban J connectivity index is 1.69. The van der Waals surface area contributed by atoms with Crippen molar-refractivity contribution < 1.29 is 19.4 Å². The second-order valence-corrected chi connectivity index (χ2v) is 6.49. The van der Waals surface area contributed by atoms with Gasteiger partial charge in [-0.3, -0.25) is 9.59 Å². The fraction of sp³-hybridized carbons (Fsp3) is 0.300.